The zero-order chi connectivity index (χ0) is 15.8. The van der Waals surface area contributed by atoms with Gasteiger partial charge in [-0.2, -0.15) is 11.8 Å². The molecule has 1 amide bonds. The molecule has 0 aromatic heterocycles. The minimum absolute atomic E-state index is 0. The van der Waals surface area contributed by atoms with Crippen molar-refractivity contribution < 1.29 is 4.79 Å². The lowest BCUT2D eigenvalue weighted by molar-refractivity contribution is -0.118. The number of hydrogen-bond donors (Lipinski definition) is 2. The maximum atomic E-state index is 12.3. The molecular formula is C18H29ClN2OS. The molecule has 5 heteroatoms. The van der Waals surface area contributed by atoms with Crippen LogP contribution in [-0.2, 0) is 11.2 Å². The summed E-state index contributed by atoms with van der Waals surface area (Å²) < 4.78 is 0. The van der Waals surface area contributed by atoms with Crippen molar-refractivity contribution in [1.29, 1.82) is 0 Å². The van der Waals surface area contributed by atoms with Gasteiger partial charge >= 0.3 is 0 Å². The second kappa shape index (κ2) is 10.2. The number of aryl methyl sites for hydroxylation is 1. The molecule has 0 radical (unpaired) electrons. The summed E-state index contributed by atoms with van der Waals surface area (Å²) in [6, 6.07) is 8.21. The fourth-order valence-electron chi connectivity index (χ4n) is 3.28. The average molecular weight is 357 g/mol. The number of benzene rings is 1. The molecule has 130 valence electrons. The monoisotopic (exact) mass is 356 g/mol. The van der Waals surface area contributed by atoms with Crippen molar-refractivity contribution in [2.75, 3.05) is 23.9 Å². The Labute approximate surface area is 150 Å². The molecule has 3 N–H and O–H groups in total. The van der Waals surface area contributed by atoms with Crippen LogP contribution >= 0.6 is 24.2 Å². The highest BCUT2D eigenvalue weighted by molar-refractivity contribution is 7.98. The highest BCUT2D eigenvalue weighted by atomic mass is 35.5. The predicted molar refractivity (Wildman–Crippen MR) is 104 cm³/mol. The minimum Gasteiger partial charge on any atom is -0.330 e. The Kier molecular flexibility index (Phi) is 9.03. The van der Waals surface area contributed by atoms with E-state index in [0.29, 0.717) is 13.0 Å². The summed E-state index contributed by atoms with van der Waals surface area (Å²) in [5, 5.41) is 3.03. The Morgan fingerprint density at radius 1 is 1.22 bits per heavy atom. The van der Waals surface area contributed by atoms with E-state index in [1.165, 1.54) is 24.8 Å². The van der Waals surface area contributed by atoms with Crippen molar-refractivity contribution in [3.05, 3.63) is 29.8 Å². The van der Waals surface area contributed by atoms with E-state index in [2.05, 4.69) is 23.7 Å². The number of nitrogens with two attached hydrogens (primary N) is 1. The average Bonchev–Trinajstić information content (AvgIpc) is 2.55. The summed E-state index contributed by atoms with van der Waals surface area (Å²) in [5.41, 5.74) is 8.20. The maximum absolute atomic E-state index is 12.3. The molecule has 0 bridgehead atoms. The Morgan fingerprint density at radius 2 is 1.87 bits per heavy atom. The molecule has 0 saturated heterocycles. The van der Waals surface area contributed by atoms with Crippen LogP contribution in [0.15, 0.2) is 24.3 Å². The van der Waals surface area contributed by atoms with Gasteiger partial charge in [-0.05, 0) is 60.9 Å². The molecule has 0 aliphatic heterocycles. The first-order valence-corrected chi connectivity index (χ1v) is 9.65. The molecule has 1 aromatic carbocycles. The van der Waals surface area contributed by atoms with Gasteiger partial charge in [-0.15, -0.1) is 12.4 Å². The Balaban J connectivity index is 0.00000264. The third-order valence-electron chi connectivity index (χ3n) is 4.72. The van der Waals surface area contributed by atoms with E-state index in [4.69, 9.17) is 5.73 Å². The van der Waals surface area contributed by atoms with Crippen LogP contribution in [0.1, 0.15) is 44.1 Å². The topological polar surface area (TPSA) is 55.1 Å². The SMILES string of the molecule is CSCCc1ccc(NC(=O)CC2(CN)CCCCC2)cc1.Cl. The fourth-order valence-corrected chi connectivity index (χ4v) is 3.72. The van der Waals surface area contributed by atoms with Crippen LogP contribution in [0.3, 0.4) is 0 Å². The zero-order valence-corrected chi connectivity index (χ0v) is 15.6. The number of thioether (sulfide) groups is 1. The molecule has 2 rings (SSSR count). The number of carbonyl (C=O) groups excluding carboxylic acids is 1. The number of hydrogen-bond acceptors (Lipinski definition) is 3. The summed E-state index contributed by atoms with van der Waals surface area (Å²) in [4.78, 5) is 12.3. The maximum Gasteiger partial charge on any atom is 0.224 e. The third-order valence-corrected chi connectivity index (χ3v) is 5.33. The van der Waals surface area contributed by atoms with Gasteiger partial charge in [0, 0.05) is 12.1 Å². The highest BCUT2D eigenvalue weighted by Crippen LogP contribution is 2.38. The molecule has 1 fully saturated rings. The number of anilines is 1. The summed E-state index contributed by atoms with van der Waals surface area (Å²) in [7, 11) is 0. The zero-order valence-electron chi connectivity index (χ0n) is 14.0. The van der Waals surface area contributed by atoms with Crippen molar-refractivity contribution in [3.8, 4) is 0 Å². The van der Waals surface area contributed by atoms with E-state index in [-0.39, 0.29) is 23.7 Å². The van der Waals surface area contributed by atoms with Gasteiger partial charge in [0.15, 0.2) is 0 Å². The first kappa shape index (κ1) is 20.3. The molecule has 1 aliphatic carbocycles. The van der Waals surface area contributed by atoms with Gasteiger partial charge in [-0.25, -0.2) is 0 Å². The van der Waals surface area contributed by atoms with Gasteiger partial charge in [0.2, 0.25) is 5.91 Å². The first-order chi connectivity index (χ1) is 10.7. The van der Waals surface area contributed by atoms with Crippen molar-refractivity contribution in [2.45, 2.75) is 44.9 Å². The molecule has 1 aliphatic rings. The fraction of sp³-hybridized carbons (Fsp3) is 0.611. The predicted octanol–water partition coefficient (Wildman–Crippen LogP) is 4.25. The van der Waals surface area contributed by atoms with Crippen molar-refractivity contribution in [3.63, 3.8) is 0 Å². The van der Waals surface area contributed by atoms with Crippen LogP contribution in [0.5, 0.6) is 0 Å². The molecule has 1 aromatic rings. The molecule has 0 spiro atoms. The Hall–Kier alpha value is -0.710. The lowest BCUT2D eigenvalue weighted by Crippen LogP contribution is -2.36. The van der Waals surface area contributed by atoms with E-state index >= 15 is 0 Å². The van der Waals surface area contributed by atoms with Crippen LogP contribution < -0.4 is 11.1 Å². The molecule has 0 heterocycles. The Morgan fingerprint density at radius 3 is 2.43 bits per heavy atom. The number of nitrogens with one attached hydrogen (secondary N) is 1. The van der Waals surface area contributed by atoms with Gasteiger partial charge in [0.05, 0.1) is 0 Å². The van der Waals surface area contributed by atoms with E-state index in [0.717, 1.165) is 30.7 Å². The molecule has 0 unspecified atom stereocenters. The Bertz CT molecular complexity index is 472. The summed E-state index contributed by atoms with van der Waals surface area (Å²) >= 11 is 1.85. The van der Waals surface area contributed by atoms with Crippen LogP contribution in [-0.4, -0.2) is 24.5 Å². The van der Waals surface area contributed by atoms with E-state index in [1.807, 2.05) is 23.9 Å². The normalized spacial score (nSPS) is 16.4. The molecule has 3 nitrogen and oxygen atoms in total. The van der Waals surface area contributed by atoms with E-state index < -0.39 is 0 Å². The summed E-state index contributed by atoms with van der Waals surface area (Å²) in [6.45, 7) is 0.619. The van der Waals surface area contributed by atoms with Crippen molar-refractivity contribution in [1.82, 2.24) is 0 Å². The van der Waals surface area contributed by atoms with Crippen molar-refractivity contribution >= 4 is 35.8 Å². The number of amides is 1. The molecule has 23 heavy (non-hydrogen) atoms. The summed E-state index contributed by atoms with van der Waals surface area (Å²) in [6.07, 6.45) is 9.61. The number of halogens is 1. The third kappa shape index (κ3) is 6.36. The smallest absolute Gasteiger partial charge is 0.224 e. The van der Waals surface area contributed by atoms with E-state index in [1.54, 1.807) is 0 Å². The van der Waals surface area contributed by atoms with Gasteiger partial charge in [-0.3, -0.25) is 4.79 Å². The summed E-state index contributed by atoms with van der Waals surface area (Å²) in [5.74, 6) is 1.23. The highest BCUT2D eigenvalue weighted by Gasteiger charge is 2.32. The molecule has 1 saturated carbocycles. The number of rotatable bonds is 7. The standard InChI is InChI=1S/C18H28N2OS.ClH/c1-22-12-9-15-5-7-16(8-6-15)20-17(21)13-18(14-19)10-3-2-4-11-18;/h5-8H,2-4,9-14,19H2,1H3,(H,20,21);1H. The second-order valence-corrected chi connectivity index (χ2v) is 7.42. The van der Waals surface area contributed by atoms with Gasteiger partial charge < -0.3 is 11.1 Å². The van der Waals surface area contributed by atoms with E-state index in [9.17, 15) is 4.79 Å². The van der Waals surface area contributed by atoms with Gasteiger partial charge in [0.25, 0.3) is 0 Å². The first-order valence-electron chi connectivity index (χ1n) is 8.25. The second-order valence-electron chi connectivity index (χ2n) is 6.43. The van der Waals surface area contributed by atoms with Crippen LogP contribution in [0.25, 0.3) is 0 Å². The molecular weight excluding hydrogens is 328 g/mol. The van der Waals surface area contributed by atoms with Gasteiger partial charge in [0.1, 0.15) is 0 Å². The number of carbonyl (C=O) groups is 1. The minimum atomic E-state index is 0. The van der Waals surface area contributed by atoms with Crippen LogP contribution in [0, 0.1) is 5.41 Å². The lowest BCUT2D eigenvalue weighted by Gasteiger charge is -2.35. The van der Waals surface area contributed by atoms with Crippen LogP contribution in [0.2, 0.25) is 0 Å². The largest absolute Gasteiger partial charge is 0.330 e. The van der Waals surface area contributed by atoms with Crippen LogP contribution in [0.4, 0.5) is 5.69 Å². The quantitative estimate of drug-likeness (QED) is 0.767. The van der Waals surface area contributed by atoms with Gasteiger partial charge in [-0.1, -0.05) is 31.4 Å². The lowest BCUT2D eigenvalue weighted by atomic mass is 9.71. The molecule has 0 atom stereocenters. The van der Waals surface area contributed by atoms with Crippen molar-refractivity contribution in [2.24, 2.45) is 11.1 Å².